The molecule has 3 heteroatoms. The lowest BCUT2D eigenvalue weighted by molar-refractivity contribution is 1.23. The van der Waals surface area contributed by atoms with Crippen LogP contribution in [0.5, 0.6) is 0 Å². The fourth-order valence-electron chi connectivity index (χ4n) is 0.615. The van der Waals surface area contributed by atoms with Gasteiger partial charge in [-0.05, 0) is 6.92 Å². The predicted molar refractivity (Wildman–Crippen MR) is 34.5 cm³/mol. The lowest BCUT2D eigenvalue weighted by atomic mass is 10.4. The Hall–Kier alpha value is -0.700. The Kier molecular flexibility index (Phi) is 1.39. The van der Waals surface area contributed by atoms with Crippen LogP contribution in [0.25, 0.3) is 0 Å². The highest BCUT2D eigenvalue weighted by Gasteiger charge is 2.01. The van der Waals surface area contributed by atoms with Gasteiger partial charge in [-0.1, -0.05) is 0 Å². The van der Waals surface area contributed by atoms with E-state index in [0.717, 1.165) is 11.5 Å². The number of nitrogens with zero attached hydrogens (tertiary/aromatic N) is 2. The zero-order valence-corrected chi connectivity index (χ0v) is 4.89. The highest BCUT2D eigenvalue weighted by atomic mass is 15.0. The Bertz CT molecular complexity index is 146. The Morgan fingerprint density at radius 2 is 2.50 bits per heavy atom. The summed E-state index contributed by atoms with van der Waals surface area (Å²) in [5.74, 6) is 0.852. The van der Waals surface area contributed by atoms with E-state index in [2.05, 4.69) is 9.98 Å². The van der Waals surface area contributed by atoms with Gasteiger partial charge in [0.15, 0.2) is 0 Å². The van der Waals surface area contributed by atoms with E-state index < -0.39 is 0 Å². The van der Waals surface area contributed by atoms with Crippen molar-refractivity contribution in [2.24, 2.45) is 15.7 Å². The van der Waals surface area contributed by atoms with E-state index in [-0.39, 0.29) is 0 Å². The van der Waals surface area contributed by atoms with Gasteiger partial charge >= 0.3 is 0 Å². The van der Waals surface area contributed by atoms with Gasteiger partial charge in [-0.2, -0.15) is 0 Å². The molecule has 0 saturated heterocycles. The van der Waals surface area contributed by atoms with Crippen molar-refractivity contribution in [1.82, 2.24) is 0 Å². The number of nitrogens with two attached hydrogens (primary N) is 1. The third-order valence-electron chi connectivity index (χ3n) is 1.05. The summed E-state index contributed by atoms with van der Waals surface area (Å²) in [5, 5.41) is 0. The van der Waals surface area contributed by atoms with Gasteiger partial charge in [-0.25, -0.2) is 4.99 Å². The van der Waals surface area contributed by atoms with Crippen molar-refractivity contribution in [1.29, 1.82) is 0 Å². The van der Waals surface area contributed by atoms with E-state index in [1.807, 2.05) is 6.92 Å². The van der Waals surface area contributed by atoms with Crippen LogP contribution >= 0.6 is 0 Å². The molecule has 0 amide bonds. The lowest BCUT2D eigenvalue weighted by Gasteiger charge is -1.85. The van der Waals surface area contributed by atoms with E-state index in [9.17, 15) is 0 Å². The van der Waals surface area contributed by atoms with Crippen LogP contribution in [-0.2, 0) is 0 Å². The number of hydrogen-bond donors (Lipinski definition) is 1. The molecule has 1 aliphatic rings. The Morgan fingerprint density at radius 1 is 1.75 bits per heavy atom. The maximum absolute atomic E-state index is 5.29. The molecule has 1 rings (SSSR count). The first-order valence-corrected chi connectivity index (χ1v) is 2.60. The smallest absolute Gasteiger partial charge is 0.120 e. The molecule has 8 heavy (non-hydrogen) atoms. The molecule has 0 saturated carbocycles. The van der Waals surface area contributed by atoms with E-state index in [1.165, 1.54) is 0 Å². The fraction of sp³-hybridized carbons (Fsp3) is 0.600. The summed E-state index contributed by atoms with van der Waals surface area (Å²) in [4.78, 5) is 8.07. The summed E-state index contributed by atoms with van der Waals surface area (Å²) in [6, 6.07) is 0. The molecule has 0 atom stereocenters. The number of aliphatic imine (C=N–C) groups is 2. The number of amidine groups is 1. The molecule has 0 fully saturated rings. The third-order valence-corrected chi connectivity index (χ3v) is 1.05. The van der Waals surface area contributed by atoms with Crippen LogP contribution in [0.2, 0.25) is 0 Å². The van der Waals surface area contributed by atoms with E-state index >= 15 is 0 Å². The molecule has 0 spiro atoms. The van der Waals surface area contributed by atoms with Gasteiger partial charge in [0.05, 0.1) is 12.3 Å². The van der Waals surface area contributed by atoms with Crippen molar-refractivity contribution in [2.45, 2.75) is 6.92 Å². The molecule has 0 aromatic carbocycles. The van der Waals surface area contributed by atoms with Crippen LogP contribution in [0, 0.1) is 0 Å². The monoisotopic (exact) mass is 111 g/mol. The molecule has 1 aliphatic heterocycles. The highest BCUT2D eigenvalue weighted by molar-refractivity contribution is 6.03. The van der Waals surface area contributed by atoms with Crippen LogP contribution in [0.1, 0.15) is 6.92 Å². The van der Waals surface area contributed by atoms with Gasteiger partial charge in [-0.3, -0.25) is 4.99 Å². The normalized spacial score (nSPS) is 18.2. The Morgan fingerprint density at radius 3 is 2.75 bits per heavy atom. The molecule has 0 radical (unpaired) electrons. The summed E-state index contributed by atoms with van der Waals surface area (Å²) in [6.45, 7) is 3.13. The number of rotatable bonds is 1. The van der Waals surface area contributed by atoms with Crippen molar-refractivity contribution in [2.75, 3.05) is 13.1 Å². The average molecular weight is 111 g/mol. The maximum atomic E-state index is 5.29. The lowest BCUT2D eigenvalue weighted by Crippen LogP contribution is -2.14. The molecular formula is C5H9N3. The van der Waals surface area contributed by atoms with Gasteiger partial charge < -0.3 is 5.73 Å². The standard InChI is InChI=1S/C5H9N3/c1-4-7-3-5(2-6)8-4/h2-3,6H2,1H3. The van der Waals surface area contributed by atoms with Crippen LogP contribution in [0.4, 0.5) is 0 Å². The van der Waals surface area contributed by atoms with E-state index in [1.54, 1.807) is 0 Å². The summed E-state index contributed by atoms with van der Waals surface area (Å²) in [6.07, 6.45) is 0. The molecule has 1 heterocycles. The largest absolute Gasteiger partial charge is 0.325 e. The topological polar surface area (TPSA) is 50.7 Å². The average Bonchev–Trinajstić information content (AvgIpc) is 2.14. The van der Waals surface area contributed by atoms with Crippen molar-refractivity contribution < 1.29 is 0 Å². The summed E-state index contributed by atoms with van der Waals surface area (Å²) in [7, 11) is 0. The highest BCUT2D eigenvalue weighted by Crippen LogP contribution is 1.92. The summed E-state index contributed by atoms with van der Waals surface area (Å²) in [5.41, 5.74) is 6.28. The zero-order valence-electron chi connectivity index (χ0n) is 4.89. The Labute approximate surface area is 48.3 Å². The van der Waals surface area contributed by atoms with Gasteiger partial charge in [0, 0.05) is 6.54 Å². The van der Waals surface area contributed by atoms with Gasteiger partial charge in [0.25, 0.3) is 0 Å². The molecule has 0 aliphatic carbocycles. The van der Waals surface area contributed by atoms with E-state index in [4.69, 9.17) is 5.73 Å². The van der Waals surface area contributed by atoms with Crippen LogP contribution in [0.3, 0.4) is 0 Å². The van der Waals surface area contributed by atoms with Crippen molar-refractivity contribution in [3.8, 4) is 0 Å². The molecule has 2 N–H and O–H groups in total. The molecule has 44 valence electrons. The van der Waals surface area contributed by atoms with Crippen molar-refractivity contribution in [3.63, 3.8) is 0 Å². The molecular weight excluding hydrogens is 102 g/mol. The predicted octanol–water partition coefficient (Wildman–Crippen LogP) is -0.182. The maximum Gasteiger partial charge on any atom is 0.120 e. The molecule has 0 aromatic heterocycles. The Balaban J connectivity index is 2.56. The van der Waals surface area contributed by atoms with E-state index in [0.29, 0.717) is 13.1 Å². The first-order chi connectivity index (χ1) is 3.83. The first kappa shape index (κ1) is 5.44. The van der Waals surface area contributed by atoms with Crippen molar-refractivity contribution in [3.05, 3.63) is 0 Å². The molecule has 3 nitrogen and oxygen atoms in total. The van der Waals surface area contributed by atoms with Gasteiger partial charge in [0.2, 0.25) is 0 Å². The van der Waals surface area contributed by atoms with Crippen LogP contribution in [-0.4, -0.2) is 24.6 Å². The number of hydrogen-bond acceptors (Lipinski definition) is 3. The summed E-state index contributed by atoms with van der Waals surface area (Å²) >= 11 is 0. The third kappa shape index (κ3) is 0.924. The SMILES string of the molecule is CC1=NCC(CN)=N1. The second-order valence-electron chi connectivity index (χ2n) is 1.75. The summed E-state index contributed by atoms with van der Waals surface area (Å²) < 4.78 is 0. The fourth-order valence-corrected chi connectivity index (χ4v) is 0.615. The van der Waals surface area contributed by atoms with Crippen LogP contribution < -0.4 is 5.73 Å². The van der Waals surface area contributed by atoms with Crippen molar-refractivity contribution >= 4 is 11.5 Å². The molecule has 0 unspecified atom stereocenters. The zero-order chi connectivity index (χ0) is 5.98. The minimum absolute atomic E-state index is 0.542. The second kappa shape index (κ2) is 2.05. The van der Waals surface area contributed by atoms with Gasteiger partial charge in [0.1, 0.15) is 5.84 Å². The minimum atomic E-state index is 0.542. The van der Waals surface area contributed by atoms with Gasteiger partial charge in [-0.15, -0.1) is 0 Å². The second-order valence-corrected chi connectivity index (χ2v) is 1.75. The van der Waals surface area contributed by atoms with Crippen LogP contribution in [0.15, 0.2) is 9.98 Å². The first-order valence-electron chi connectivity index (χ1n) is 2.60. The quantitative estimate of drug-likeness (QED) is 0.501. The minimum Gasteiger partial charge on any atom is -0.325 e. The molecule has 0 aromatic rings. The molecule has 0 bridgehead atoms.